The summed E-state index contributed by atoms with van der Waals surface area (Å²) in [6.45, 7) is 0. The third kappa shape index (κ3) is 3.45. The summed E-state index contributed by atoms with van der Waals surface area (Å²) in [6.07, 6.45) is 1.16. The molecule has 0 saturated heterocycles. The van der Waals surface area contributed by atoms with Gasteiger partial charge >= 0.3 is 5.97 Å². The van der Waals surface area contributed by atoms with Crippen LogP contribution in [0.2, 0.25) is 0 Å². The van der Waals surface area contributed by atoms with Crippen molar-refractivity contribution in [2.24, 2.45) is 0 Å². The molecule has 2 heterocycles. The number of nitrogens with one attached hydrogen (secondary N) is 1. The summed E-state index contributed by atoms with van der Waals surface area (Å²) in [7, 11) is 0. The lowest BCUT2D eigenvalue weighted by molar-refractivity contribution is 0.0689. The van der Waals surface area contributed by atoms with Crippen molar-refractivity contribution in [1.82, 2.24) is 20.2 Å². The first kappa shape index (κ1) is 22.6. The second-order valence-electron chi connectivity index (χ2n) is 8.75. The molecular formula is C29H21IN4O2. The Morgan fingerprint density at radius 3 is 1.75 bits per heavy atom. The number of nitrogens with zero attached hydrogens (tertiary/aromatic N) is 3. The lowest BCUT2D eigenvalue weighted by Gasteiger charge is -2.38. The first-order chi connectivity index (χ1) is 17.6. The Bertz CT molecular complexity index is 1470. The summed E-state index contributed by atoms with van der Waals surface area (Å²) in [4.78, 5) is 21.7. The zero-order valence-electron chi connectivity index (χ0n) is 19.1. The van der Waals surface area contributed by atoms with Crippen LogP contribution in [-0.4, -0.2) is 31.2 Å². The van der Waals surface area contributed by atoms with Gasteiger partial charge in [-0.1, -0.05) is 91.0 Å². The smallest absolute Gasteiger partial charge is 0.354 e. The third-order valence-corrected chi connectivity index (χ3v) is 7.37. The van der Waals surface area contributed by atoms with Gasteiger partial charge in [-0.15, -0.1) is 0 Å². The van der Waals surface area contributed by atoms with Crippen LogP contribution in [0.1, 0.15) is 44.0 Å². The molecule has 0 fully saturated rings. The zero-order chi connectivity index (χ0) is 24.7. The number of benzene rings is 3. The Balaban J connectivity index is 1.74. The minimum absolute atomic E-state index is 0.131. The van der Waals surface area contributed by atoms with E-state index in [-0.39, 0.29) is 5.69 Å². The van der Waals surface area contributed by atoms with Gasteiger partial charge in [-0.25, -0.2) is 14.8 Å². The average Bonchev–Trinajstić information content (AvgIpc) is 3.36. The number of H-pyrrole nitrogens is 1. The van der Waals surface area contributed by atoms with Crippen LogP contribution in [0.5, 0.6) is 0 Å². The molecule has 0 bridgehead atoms. The summed E-state index contributed by atoms with van der Waals surface area (Å²) in [5.74, 6) is -1.01. The molecule has 0 unspecified atom stereocenters. The van der Waals surface area contributed by atoms with Crippen LogP contribution < -0.4 is 0 Å². The quantitative estimate of drug-likeness (QED) is 0.158. The van der Waals surface area contributed by atoms with Crippen molar-refractivity contribution in [1.29, 1.82) is 0 Å². The van der Waals surface area contributed by atoms with Crippen molar-refractivity contribution in [3.63, 3.8) is 0 Å². The Hall–Kier alpha value is -3.85. The normalized spacial score (nSPS) is 12.6. The van der Waals surface area contributed by atoms with E-state index in [4.69, 9.17) is 9.97 Å². The monoisotopic (exact) mass is 584 g/mol. The van der Waals surface area contributed by atoms with Crippen molar-refractivity contribution < 1.29 is 9.90 Å². The minimum atomic E-state index is -1.01. The van der Waals surface area contributed by atoms with Crippen LogP contribution in [-0.2, 0) is 18.3 Å². The predicted molar refractivity (Wildman–Crippen MR) is 145 cm³/mol. The van der Waals surface area contributed by atoms with E-state index in [0.717, 1.165) is 27.9 Å². The van der Waals surface area contributed by atoms with Gasteiger partial charge in [-0.2, -0.15) is 5.10 Å². The van der Waals surface area contributed by atoms with Gasteiger partial charge in [0.1, 0.15) is 11.4 Å². The molecule has 7 heteroatoms. The molecule has 0 atom stereocenters. The number of aromatic amines is 1. The minimum Gasteiger partial charge on any atom is -0.477 e. The first-order valence-electron chi connectivity index (χ1n) is 11.6. The number of carboxylic acid groups (broad SMARTS) is 1. The maximum absolute atomic E-state index is 11.8. The summed E-state index contributed by atoms with van der Waals surface area (Å²) in [6, 6.07) is 31.3. The number of hydrogen-bond acceptors (Lipinski definition) is 4. The number of aromatic carboxylic acids is 1. The highest BCUT2D eigenvalue weighted by molar-refractivity contribution is 14.1. The lowest BCUT2D eigenvalue weighted by Crippen LogP contribution is -2.34. The van der Waals surface area contributed by atoms with Crippen LogP contribution >= 0.6 is 22.6 Å². The number of carbonyl (C=O) groups is 1. The fourth-order valence-corrected chi connectivity index (χ4v) is 5.89. The molecular weight excluding hydrogens is 563 g/mol. The second-order valence-corrected chi connectivity index (χ2v) is 9.71. The molecule has 0 amide bonds. The van der Waals surface area contributed by atoms with Crippen LogP contribution in [0.15, 0.2) is 91.0 Å². The Morgan fingerprint density at radius 1 is 0.750 bits per heavy atom. The molecule has 0 aliphatic heterocycles. The van der Waals surface area contributed by atoms with E-state index in [1.54, 1.807) is 0 Å². The van der Waals surface area contributed by atoms with Gasteiger partial charge in [0.25, 0.3) is 0 Å². The third-order valence-electron chi connectivity index (χ3n) is 6.89. The Kier molecular flexibility index (Phi) is 5.64. The molecule has 6 rings (SSSR count). The highest BCUT2D eigenvalue weighted by atomic mass is 127. The van der Waals surface area contributed by atoms with Gasteiger partial charge in [0, 0.05) is 33.7 Å². The van der Waals surface area contributed by atoms with Gasteiger partial charge in [0.2, 0.25) is 0 Å². The molecule has 1 aliphatic rings. The SMILES string of the molecule is O=C(O)c1[nH]nc2c1CCc1c-2nc(I)nc1C(c1ccccc1)(c1ccccc1)c1ccccc1. The molecule has 176 valence electrons. The summed E-state index contributed by atoms with van der Waals surface area (Å²) in [5, 5.41) is 16.8. The first-order valence-corrected chi connectivity index (χ1v) is 12.7. The van der Waals surface area contributed by atoms with E-state index in [1.807, 2.05) is 18.2 Å². The molecule has 2 aromatic heterocycles. The lowest BCUT2D eigenvalue weighted by atomic mass is 9.65. The van der Waals surface area contributed by atoms with E-state index >= 15 is 0 Å². The van der Waals surface area contributed by atoms with Gasteiger partial charge in [-0.05, 0) is 29.5 Å². The summed E-state index contributed by atoms with van der Waals surface area (Å²) >= 11 is 2.15. The molecule has 0 spiro atoms. The van der Waals surface area contributed by atoms with Crippen molar-refractivity contribution in [3.05, 3.63) is 134 Å². The van der Waals surface area contributed by atoms with E-state index in [9.17, 15) is 9.90 Å². The van der Waals surface area contributed by atoms with E-state index in [1.165, 1.54) is 0 Å². The zero-order valence-corrected chi connectivity index (χ0v) is 21.3. The van der Waals surface area contributed by atoms with Crippen LogP contribution in [0.3, 0.4) is 0 Å². The van der Waals surface area contributed by atoms with Crippen molar-refractivity contribution in [2.75, 3.05) is 0 Å². The molecule has 6 nitrogen and oxygen atoms in total. The van der Waals surface area contributed by atoms with Gasteiger partial charge < -0.3 is 5.11 Å². The summed E-state index contributed by atoms with van der Waals surface area (Å²) < 4.78 is 0.584. The van der Waals surface area contributed by atoms with E-state index < -0.39 is 11.4 Å². The maximum atomic E-state index is 11.8. The molecule has 3 aromatic carbocycles. The fourth-order valence-electron chi connectivity index (χ4n) is 5.41. The van der Waals surface area contributed by atoms with Gasteiger partial charge in [0.05, 0.1) is 16.8 Å². The van der Waals surface area contributed by atoms with Crippen LogP contribution in [0.4, 0.5) is 0 Å². The van der Waals surface area contributed by atoms with E-state index in [0.29, 0.717) is 33.6 Å². The highest BCUT2D eigenvalue weighted by Crippen LogP contribution is 2.48. The van der Waals surface area contributed by atoms with Crippen molar-refractivity contribution in [2.45, 2.75) is 18.3 Å². The van der Waals surface area contributed by atoms with E-state index in [2.05, 4.69) is 106 Å². The number of halogens is 1. The van der Waals surface area contributed by atoms with Crippen LogP contribution in [0.25, 0.3) is 11.4 Å². The number of aromatic nitrogens is 4. The predicted octanol–water partition coefficient (Wildman–Crippen LogP) is 5.65. The Morgan fingerprint density at radius 2 is 1.25 bits per heavy atom. The second kappa shape index (κ2) is 8.98. The highest BCUT2D eigenvalue weighted by Gasteiger charge is 2.43. The van der Waals surface area contributed by atoms with Crippen molar-refractivity contribution >= 4 is 28.6 Å². The standard InChI is InChI=1S/C29H21IN4O2/c30-28-31-23-22(17-16-21-24(23)33-34-25(21)27(35)36)26(32-28)29(18-10-4-1-5-11-18,19-12-6-2-7-13-19)20-14-8-3-9-15-20/h1-15H,16-17H2,(H,33,34)(H,35,36). The van der Waals surface area contributed by atoms with Crippen LogP contribution in [0, 0.1) is 3.83 Å². The number of hydrogen-bond donors (Lipinski definition) is 2. The molecule has 0 saturated carbocycles. The molecule has 5 aromatic rings. The molecule has 0 radical (unpaired) electrons. The fraction of sp³-hybridized carbons (Fsp3) is 0.103. The summed E-state index contributed by atoms with van der Waals surface area (Å²) in [5.41, 5.74) is 6.58. The van der Waals surface area contributed by atoms with Gasteiger partial charge in [-0.3, -0.25) is 5.10 Å². The number of fused-ring (bicyclic) bond motifs is 3. The molecule has 2 N–H and O–H groups in total. The van der Waals surface area contributed by atoms with Gasteiger partial charge in [0.15, 0.2) is 3.83 Å². The number of rotatable bonds is 5. The topological polar surface area (TPSA) is 91.8 Å². The van der Waals surface area contributed by atoms with Crippen molar-refractivity contribution in [3.8, 4) is 11.4 Å². The maximum Gasteiger partial charge on any atom is 0.354 e. The Labute approximate surface area is 221 Å². The molecule has 1 aliphatic carbocycles. The largest absolute Gasteiger partial charge is 0.477 e. The average molecular weight is 584 g/mol. The number of carboxylic acids is 1. The molecule has 36 heavy (non-hydrogen) atoms.